The molecule has 0 saturated heterocycles. The predicted molar refractivity (Wildman–Crippen MR) is 88.9 cm³/mol. The van der Waals surface area contributed by atoms with Crippen LogP contribution in [-0.4, -0.2) is 54.3 Å². The summed E-state index contributed by atoms with van der Waals surface area (Å²) in [6, 6.07) is 4.31. The molecule has 2 N–H and O–H groups in total. The van der Waals surface area contributed by atoms with Gasteiger partial charge in [-0.2, -0.15) is 0 Å². The molecular weight excluding hydrogens is 336 g/mol. The molecule has 0 aliphatic rings. The van der Waals surface area contributed by atoms with Crippen LogP contribution in [0.5, 0.6) is 11.5 Å². The van der Waals surface area contributed by atoms with Gasteiger partial charge in [-0.3, -0.25) is 4.79 Å². The molecule has 1 amide bonds. The average molecular weight is 360 g/mol. The number of nitrogens with one attached hydrogen (secondary N) is 2. The highest BCUT2D eigenvalue weighted by Crippen LogP contribution is 2.30. The first-order chi connectivity index (χ1) is 11.4. The van der Waals surface area contributed by atoms with E-state index in [1.54, 1.807) is 6.92 Å². The van der Waals surface area contributed by atoms with Gasteiger partial charge in [-0.05, 0) is 26.0 Å². The Morgan fingerprint density at radius 3 is 2.42 bits per heavy atom. The zero-order valence-electron chi connectivity index (χ0n) is 14.1. The summed E-state index contributed by atoms with van der Waals surface area (Å²) in [4.78, 5) is 11.6. The van der Waals surface area contributed by atoms with Crippen LogP contribution in [0.2, 0.25) is 0 Å². The number of benzene rings is 1. The third kappa shape index (κ3) is 6.34. The molecule has 24 heavy (non-hydrogen) atoms. The van der Waals surface area contributed by atoms with Crippen molar-refractivity contribution in [2.45, 2.75) is 18.7 Å². The minimum Gasteiger partial charge on any atom is -0.490 e. The van der Waals surface area contributed by atoms with Crippen LogP contribution in [-0.2, 0) is 19.6 Å². The molecule has 8 nitrogen and oxygen atoms in total. The Bertz CT molecular complexity index is 633. The Hall–Kier alpha value is -1.84. The predicted octanol–water partition coefficient (Wildman–Crippen LogP) is 0.525. The first kappa shape index (κ1) is 20.2. The van der Waals surface area contributed by atoms with Crippen molar-refractivity contribution in [3.63, 3.8) is 0 Å². The van der Waals surface area contributed by atoms with Crippen molar-refractivity contribution in [1.82, 2.24) is 10.0 Å². The molecule has 0 atom stereocenters. The first-order valence-corrected chi connectivity index (χ1v) is 9.07. The second-order valence-corrected chi connectivity index (χ2v) is 6.41. The largest absolute Gasteiger partial charge is 0.490 e. The van der Waals surface area contributed by atoms with Crippen LogP contribution in [0.1, 0.15) is 13.8 Å². The molecule has 0 aliphatic heterocycles. The third-order valence-electron chi connectivity index (χ3n) is 2.88. The van der Waals surface area contributed by atoms with Crippen LogP contribution >= 0.6 is 0 Å². The average Bonchev–Trinajstić information content (AvgIpc) is 2.55. The normalized spacial score (nSPS) is 11.1. The van der Waals surface area contributed by atoms with E-state index >= 15 is 0 Å². The van der Waals surface area contributed by atoms with Crippen molar-refractivity contribution in [3.8, 4) is 11.5 Å². The van der Waals surface area contributed by atoms with Gasteiger partial charge < -0.3 is 19.5 Å². The fourth-order valence-electron chi connectivity index (χ4n) is 1.80. The van der Waals surface area contributed by atoms with Crippen molar-refractivity contribution in [2.24, 2.45) is 0 Å². The number of sulfonamides is 1. The number of amides is 1. The molecule has 9 heteroatoms. The zero-order valence-corrected chi connectivity index (χ0v) is 14.9. The zero-order chi connectivity index (χ0) is 18.0. The fraction of sp³-hybridized carbons (Fsp3) is 0.533. The standard InChI is InChI=1S/C15H24N2O6S/c1-4-22-13-7-6-12(10-14(13)23-5-2)24(19,20)17-11-15(18)16-8-9-21-3/h6-7,10,17H,4-5,8-9,11H2,1-3H3,(H,16,18). The second-order valence-electron chi connectivity index (χ2n) is 4.64. The maximum atomic E-state index is 12.3. The van der Waals surface area contributed by atoms with Crippen molar-refractivity contribution < 1.29 is 27.4 Å². The summed E-state index contributed by atoms with van der Waals surface area (Å²) in [5.41, 5.74) is 0. The summed E-state index contributed by atoms with van der Waals surface area (Å²) in [6.07, 6.45) is 0. The number of ether oxygens (including phenoxy) is 3. The van der Waals surface area contributed by atoms with Crippen LogP contribution in [0.15, 0.2) is 23.1 Å². The van der Waals surface area contributed by atoms with E-state index in [2.05, 4.69) is 10.0 Å². The van der Waals surface area contributed by atoms with Gasteiger partial charge in [-0.15, -0.1) is 0 Å². The van der Waals surface area contributed by atoms with Gasteiger partial charge in [0.25, 0.3) is 0 Å². The van der Waals surface area contributed by atoms with E-state index in [1.807, 2.05) is 6.92 Å². The van der Waals surface area contributed by atoms with Gasteiger partial charge >= 0.3 is 0 Å². The van der Waals surface area contributed by atoms with Crippen molar-refractivity contribution in [1.29, 1.82) is 0 Å². The van der Waals surface area contributed by atoms with Gasteiger partial charge in [0, 0.05) is 19.7 Å². The molecule has 1 aromatic rings. The number of carbonyl (C=O) groups is 1. The highest BCUT2D eigenvalue weighted by atomic mass is 32.2. The third-order valence-corrected chi connectivity index (χ3v) is 4.28. The van der Waals surface area contributed by atoms with E-state index in [0.717, 1.165) is 0 Å². The SMILES string of the molecule is CCOc1ccc(S(=O)(=O)NCC(=O)NCCOC)cc1OCC. The number of methoxy groups -OCH3 is 1. The smallest absolute Gasteiger partial charge is 0.241 e. The van der Waals surface area contributed by atoms with Gasteiger partial charge in [0.15, 0.2) is 11.5 Å². The first-order valence-electron chi connectivity index (χ1n) is 7.59. The van der Waals surface area contributed by atoms with Gasteiger partial charge in [0.1, 0.15) is 0 Å². The molecule has 0 aromatic heterocycles. The molecule has 136 valence electrons. The molecule has 0 aliphatic carbocycles. The van der Waals surface area contributed by atoms with E-state index in [0.29, 0.717) is 37.9 Å². The molecule has 0 radical (unpaired) electrons. The summed E-state index contributed by atoms with van der Waals surface area (Å²) in [6.45, 7) is 4.74. The quantitative estimate of drug-likeness (QED) is 0.558. The molecule has 0 fully saturated rings. The van der Waals surface area contributed by atoms with Crippen molar-refractivity contribution in [2.75, 3.05) is 40.0 Å². The van der Waals surface area contributed by atoms with Crippen molar-refractivity contribution in [3.05, 3.63) is 18.2 Å². The maximum absolute atomic E-state index is 12.3. The topological polar surface area (TPSA) is 103 Å². The number of hydrogen-bond acceptors (Lipinski definition) is 6. The van der Waals surface area contributed by atoms with E-state index in [-0.39, 0.29) is 11.4 Å². The lowest BCUT2D eigenvalue weighted by Gasteiger charge is -2.13. The van der Waals surface area contributed by atoms with Crippen LogP contribution in [0.4, 0.5) is 0 Å². The molecule has 0 saturated carbocycles. The van der Waals surface area contributed by atoms with Crippen LogP contribution in [0.3, 0.4) is 0 Å². The summed E-state index contributed by atoms with van der Waals surface area (Å²) >= 11 is 0. The Kier molecular flexibility index (Phi) is 8.51. The molecular formula is C15H24N2O6S. The van der Waals surface area contributed by atoms with Crippen molar-refractivity contribution >= 4 is 15.9 Å². The lowest BCUT2D eigenvalue weighted by Crippen LogP contribution is -2.38. The molecule has 0 spiro atoms. The highest BCUT2D eigenvalue weighted by molar-refractivity contribution is 7.89. The van der Waals surface area contributed by atoms with Crippen LogP contribution < -0.4 is 19.5 Å². The fourth-order valence-corrected chi connectivity index (χ4v) is 2.79. The Morgan fingerprint density at radius 2 is 1.79 bits per heavy atom. The number of hydrogen-bond donors (Lipinski definition) is 2. The summed E-state index contributed by atoms with van der Waals surface area (Å²) < 4.78 is 42.4. The van der Waals surface area contributed by atoms with Gasteiger partial charge in [0.05, 0.1) is 31.3 Å². The molecule has 0 heterocycles. The van der Waals surface area contributed by atoms with E-state index in [1.165, 1.54) is 25.3 Å². The molecule has 0 unspecified atom stereocenters. The maximum Gasteiger partial charge on any atom is 0.241 e. The van der Waals surface area contributed by atoms with Crippen LogP contribution in [0.25, 0.3) is 0 Å². The molecule has 1 aromatic carbocycles. The lowest BCUT2D eigenvalue weighted by molar-refractivity contribution is -0.120. The monoisotopic (exact) mass is 360 g/mol. The summed E-state index contributed by atoms with van der Waals surface area (Å²) in [5, 5.41) is 2.53. The minimum atomic E-state index is -3.84. The Morgan fingerprint density at radius 1 is 1.12 bits per heavy atom. The van der Waals surface area contributed by atoms with E-state index < -0.39 is 15.9 Å². The van der Waals surface area contributed by atoms with E-state index in [4.69, 9.17) is 14.2 Å². The Balaban J connectivity index is 2.79. The summed E-state index contributed by atoms with van der Waals surface area (Å²) in [7, 11) is -2.33. The summed E-state index contributed by atoms with van der Waals surface area (Å²) in [5.74, 6) is 0.369. The lowest BCUT2D eigenvalue weighted by atomic mass is 10.3. The van der Waals surface area contributed by atoms with E-state index in [9.17, 15) is 13.2 Å². The molecule has 1 rings (SSSR count). The van der Waals surface area contributed by atoms with Gasteiger partial charge in [0.2, 0.25) is 15.9 Å². The van der Waals surface area contributed by atoms with Gasteiger partial charge in [-0.25, -0.2) is 13.1 Å². The minimum absolute atomic E-state index is 0.000838. The number of rotatable bonds is 11. The molecule has 0 bridgehead atoms. The highest BCUT2D eigenvalue weighted by Gasteiger charge is 2.18. The number of carbonyl (C=O) groups excluding carboxylic acids is 1. The van der Waals surface area contributed by atoms with Crippen LogP contribution in [0, 0.1) is 0 Å². The Labute approximate surface area is 142 Å². The van der Waals surface area contributed by atoms with Gasteiger partial charge in [-0.1, -0.05) is 0 Å². The second kappa shape index (κ2) is 10.1.